The minimum absolute atomic E-state index is 0.103. The fourth-order valence-corrected chi connectivity index (χ4v) is 1.71. The number of imidazole rings is 1. The van der Waals surface area contributed by atoms with Crippen molar-refractivity contribution in [3.63, 3.8) is 0 Å². The van der Waals surface area contributed by atoms with Gasteiger partial charge in [-0.05, 0) is 12.1 Å². The molecule has 0 amide bonds. The molecule has 0 saturated carbocycles. The van der Waals surface area contributed by atoms with Gasteiger partial charge in [0.2, 0.25) is 0 Å². The molecule has 1 aromatic carbocycles. The number of phenols is 1. The van der Waals surface area contributed by atoms with Crippen molar-refractivity contribution in [1.29, 1.82) is 0 Å². The number of rotatable bonds is 2. The summed E-state index contributed by atoms with van der Waals surface area (Å²) in [6.45, 7) is 0.133. The third kappa shape index (κ3) is 1.41. The molecule has 0 fully saturated rings. The number of aliphatic hydroxyl groups excluding tert-OH is 1. The second-order valence-electron chi connectivity index (χ2n) is 3.39. The lowest BCUT2D eigenvalue weighted by atomic mass is 10.3. The van der Waals surface area contributed by atoms with E-state index in [-0.39, 0.29) is 24.6 Å². The number of hydrogen-bond donors (Lipinski definition) is 2. The van der Waals surface area contributed by atoms with Gasteiger partial charge in [0, 0.05) is 13.1 Å². The van der Waals surface area contributed by atoms with Gasteiger partial charge in [-0.25, -0.2) is 4.79 Å². The predicted molar refractivity (Wildman–Crippen MR) is 55.9 cm³/mol. The number of aromatic hydroxyl groups is 1. The summed E-state index contributed by atoms with van der Waals surface area (Å²) in [5, 5.41) is 18.2. The fourth-order valence-electron chi connectivity index (χ4n) is 1.71. The van der Waals surface area contributed by atoms with Gasteiger partial charge in [0.1, 0.15) is 5.75 Å². The van der Waals surface area contributed by atoms with Crippen LogP contribution in [0.25, 0.3) is 11.0 Å². The number of aliphatic hydroxyl groups is 1. The fraction of sp³-hybridized carbons (Fsp3) is 0.300. The number of aromatic nitrogens is 2. The molecule has 0 radical (unpaired) electrons. The number of fused-ring (bicyclic) bond motifs is 1. The molecule has 2 N–H and O–H groups in total. The van der Waals surface area contributed by atoms with Crippen molar-refractivity contribution in [2.75, 3.05) is 6.61 Å². The highest BCUT2D eigenvalue weighted by Gasteiger charge is 2.09. The molecule has 0 unspecified atom stereocenters. The highest BCUT2D eigenvalue weighted by atomic mass is 16.3. The number of benzene rings is 1. The molecule has 5 heteroatoms. The molecule has 5 nitrogen and oxygen atoms in total. The maximum Gasteiger partial charge on any atom is 0.328 e. The molecule has 0 spiro atoms. The number of nitrogens with zero attached hydrogens (tertiary/aromatic N) is 2. The zero-order valence-corrected chi connectivity index (χ0v) is 8.34. The van der Waals surface area contributed by atoms with E-state index >= 15 is 0 Å². The Hall–Kier alpha value is -1.75. The van der Waals surface area contributed by atoms with E-state index in [0.717, 1.165) is 5.52 Å². The summed E-state index contributed by atoms with van der Waals surface area (Å²) in [6, 6.07) is 4.73. The Balaban J connectivity index is 2.82. The van der Waals surface area contributed by atoms with Crippen LogP contribution in [0.1, 0.15) is 0 Å². The van der Waals surface area contributed by atoms with E-state index in [1.807, 2.05) is 0 Å². The molecule has 2 aromatic rings. The quantitative estimate of drug-likeness (QED) is 0.732. The molecule has 0 saturated heterocycles. The van der Waals surface area contributed by atoms with Crippen molar-refractivity contribution in [1.82, 2.24) is 9.13 Å². The predicted octanol–water partition coefficient (Wildman–Crippen LogP) is 0.0379. The Kier molecular flexibility index (Phi) is 2.24. The standard InChI is InChI=1S/C10H12N2O3/c1-11-8-3-2-7(14)6-9(8)12(4-5-13)10(11)15/h2-3,6,13-14H,4-5H2,1H3. The average molecular weight is 208 g/mol. The monoisotopic (exact) mass is 208 g/mol. The molecule has 0 aliphatic carbocycles. The Labute approximate surface area is 85.8 Å². The van der Waals surface area contributed by atoms with E-state index in [1.54, 1.807) is 13.1 Å². The average Bonchev–Trinajstić information content (AvgIpc) is 2.44. The lowest BCUT2D eigenvalue weighted by Crippen LogP contribution is -2.23. The summed E-state index contributed by atoms with van der Waals surface area (Å²) < 4.78 is 2.93. The first kappa shape index (κ1) is 9.79. The zero-order valence-electron chi connectivity index (χ0n) is 8.34. The second kappa shape index (κ2) is 3.43. The van der Waals surface area contributed by atoms with Crippen LogP contribution in [0.2, 0.25) is 0 Å². The van der Waals surface area contributed by atoms with Crippen molar-refractivity contribution < 1.29 is 10.2 Å². The van der Waals surface area contributed by atoms with Crippen LogP contribution in [0.3, 0.4) is 0 Å². The molecule has 0 aliphatic rings. The number of phenolic OH excluding ortho intramolecular Hbond substituents is 1. The summed E-state index contributed by atoms with van der Waals surface area (Å²) in [7, 11) is 1.66. The first-order valence-corrected chi connectivity index (χ1v) is 4.64. The highest BCUT2D eigenvalue weighted by Crippen LogP contribution is 2.18. The minimum atomic E-state index is -0.190. The Morgan fingerprint density at radius 1 is 1.33 bits per heavy atom. The Morgan fingerprint density at radius 2 is 2.07 bits per heavy atom. The van der Waals surface area contributed by atoms with Gasteiger partial charge in [0.15, 0.2) is 0 Å². The van der Waals surface area contributed by atoms with Crippen molar-refractivity contribution in [2.45, 2.75) is 6.54 Å². The molecule has 0 aliphatic heterocycles. The van der Waals surface area contributed by atoms with E-state index in [4.69, 9.17) is 5.11 Å². The van der Waals surface area contributed by atoms with Crippen molar-refractivity contribution >= 4 is 11.0 Å². The lowest BCUT2D eigenvalue weighted by molar-refractivity contribution is 0.275. The van der Waals surface area contributed by atoms with E-state index in [1.165, 1.54) is 21.3 Å². The van der Waals surface area contributed by atoms with Crippen LogP contribution in [0.4, 0.5) is 0 Å². The van der Waals surface area contributed by atoms with Crippen LogP contribution in [-0.2, 0) is 13.6 Å². The Morgan fingerprint density at radius 3 is 2.73 bits per heavy atom. The van der Waals surface area contributed by atoms with Gasteiger partial charge < -0.3 is 10.2 Å². The first-order valence-electron chi connectivity index (χ1n) is 4.64. The van der Waals surface area contributed by atoms with Crippen molar-refractivity contribution in [2.24, 2.45) is 7.05 Å². The molecule has 80 valence electrons. The van der Waals surface area contributed by atoms with E-state index in [0.29, 0.717) is 5.52 Å². The third-order valence-corrected chi connectivity index (χ3v) is 2.45. The van der Waals surface area contributed by atoms with Crippen LogP contribution >= 0.6 is 0 Å². The van der Waals surface area contributed by atoms with E-state index in [2.05, 4.69) is 0 Å². The van der Waals surface area contributed by atoms with Gasteiger partial charge in [-0.1, -0.05) is 0 Å². The number of hydrogen-bond acceptors (Lipinski definition) is 3. The van der Waals surface area contributed by atoms with Gasteiger partial charge in [-0.15, -0.1) is 0 Å². The van der Waals surface area contributed by atoms with E-state index < -0.39 is 0 Å². The SMILES string of the molecule is Cn1c(=O)n(CCO)c2cc(O)ccc21. The number of aryl methyl sites for hydroxylation is 1. The van der Waals surface area contributed by atoms with Gasteiger partial charge in [-0.3, -0.25) is 9.13 Å². The molecule has 2 rings (SSSR count). The topological polar surface area (TPSA) is 67.4 Å². The lowest BCUT2D eigenvalue weighted by Gasteiger charge is -1.99. The van der Waals surface area contributed by atoms with Crippen LogP contribution < -0.4 is 5.69 Å². The molecule has 15 heavy (non-hydrogen) atoms. The molecule has 1 heterocycles. The summed E-state index contributed by atoms with van der Waals surface area (Å²) >= 11 is 0. The highest BCUT2D eigenvalue weighted by molar-refractivity contribution is 5.77. The molecule has 0 bridgehead atoms. The van der Waals surface area contributed by atoms with Gasteiger partial charge in [0.25, 0.3) is 0 Å². The zero-order chi connectivity index (χ0) is 11.0. The summed E-state index contributed by atoms with van der Waals surface area (Å²) in [4.78, 5) is 11.7. The molecular formula is C10H12N2O3. The second-order valence-corrected chi connectivity index (χ2v) is 3.39. The summed E-state index contributed by atoms with van der Waals surface area (Å²) in [5.74, 6) is 0.111. The maximum atomic E-state index is 11.7. The van der Waals surface area contributed by atoms with Crippen LogP contribution in [0.5, 0.6) is 5.75 Å². The largest absolute Gasteiger partial charge is 0.508 e. The Bertz CT molecular complexity index is 554. The molecule has 1 aromatic heterocycles. The minimum Gasteiger partial charge on any atom is -0.508 e. The smallest absolute Gasteiger partial charge is 0.328 e. The summed E-state index contributed by atoms with van der Waals surface area (Å²) in [6.07, 6.45) is 0. The van der Waals surface area contributed by atoms with Gasteiger partial charge in [-0.2, -0.15) is 0 Å². The van der Waals surface area contributed by atoms with Gasteiger partial charge >= 0.3 is 5.69 Å². The first-order chi connectivity index (χ1) is 7.15. The molecular weight excluding hydrogens is 196 g/mol. The maximum absolute atomic E-state index is 11.7. The van der Waals surface area contributed by atoms with Crippen LogP contribution in [0.15, 0.2) is 23.0 Å². The van der Waals surface area contributed by atoms with Crippen molar-refractivity contribution in [3.8, 4) is 5.75 Å². The van der Waals surface area contributed by atoms with Crippen LogP contribution in [-0.4, -0.2) is 26.0 Å². The normalized spacial score (nSPS) is 11.1. The van der Waals surface area contributed by atoms with E-state index in [9.17, 15) is 9.90 Å². The van der Waals surface area contributed by atoms with Gasteiger partial charge in [0.05, 0.1) is 24.2 Å². The summed E-state index contributed by atoms with van der Waals surface area (Å²) in [5.41, 5.74) is 1.19. The van der Waals surface area contributed by atoms with Crippen LogP contribution in [0, 0.1) is 0 Å². The third-order valence-electron chi connectivity index (χ3n) is 2.45. The van der Waals surface area contributed by atoms with Crippen molar-refractivity contribution in [3.05, 3.63) is 28.7 Å². The molecule has 0 atom stereocenters.